The van der Waals surface area contributed by atoms with Crippen LogP contribution in [-0.2, 0) is 4.74 Å². The molecule has 0 heterocycles. The number of hydrogen-bond donors (Lipinski definition) is 1. The zero-order chi connectivity index (χ0) is 12.9. The van der Waals surface area contributed by atoms with Crippen molar-refractivity contribution in [2.24, 2.45) is 11.8 Å². The van der Waals surface area contributed by atoms with Crippen molar-refractivity contribution in [1.29, 1.82) is 0 Å². The third kappa shape index (κ3) is 7.05. The predicted octanol–water partition coefficient (Wildman–Crippen LogP) is 3.61. The van der Waals surface area contributed by atoms with Gasteiger partial charge in [0.05, 0.1) is 6.10 Å². The molecular formula is C15H31NO. The molecule has 2 unspecified atom stereocenters. The second-order valence-electron chi connectivity index (χ2n) is 6.94. The zero-order valence-corrected chi connectivity index (χ0v) is 12.4. The molecule has 0 spiro atoms. The van der Waals surface area contributed by atoms with E-state index in [0.29, 0.717) is 6.10 Å². The molecule has 1 saturated carbocycles. The minimum atomic E-state index is 0.230. The van der Waals surface area contributed by atoms with Crippen LogP contribution in [0.25, 0.3) is 0 Å². The van der Waals surface area contributed by atoms with Crippen molar-refractivity contribution in [1.82, 2.24) is 5.32 Å². The number of hydrogen-bond acceptors (Lipinski definition) is 2. The Kier molecular flexibility index (Phi) is 5.94. The van der Waals surface area contributed by atoms with E-state index in [1.54, 1.807) is 0 Å². The summed E-state index contributed by atoms with van der Waals surface area (Å²) in [5.41, 5.74) is 0.230. The predicted molar refractivity (Wildman–Crippen MR) is 74.3 cm³/mol. The highest BCUT2D eigenvalue weighted by molar-refractivity contribution is 4.75. The normalized spacial score (nSPS) is 30.5. The van der Waals surface area contributed by atoms with Crippen molar-refractivity contribution in [3.8, 4) is 0 Å². The molecule has 0 radical (unpaired) electrons. The number of nitrogens with one attached hydrogen (secondary N) is 1. The summed E-state index contributed by atoms with van der Waals surface area (Å²) in [6.07, 6.45) is 5.54. The van der Waals surface area contributed by atoms with Crippen LogP contribution in [0.1, 0.15) is 60.3 Å². The Hall–Kier alpha value is -0.0800. The maximum atomic E-state index is 6.00. The summed E-state index contributed by atoms with van der Waals surface area (Å²) >= 11 is 0. The van der Waals surface area contributed by atoms with Gasteiger partial charge < -0.3 is 10.1 Å². The van der Waals surface area contributed by atoms with E-state index in [4.69, 9.17) is 4.74 Å². The molecule has 2 nitrogen and oxygen atoms in total. The van der Waals surface area contributed by atoms with Crippen molar-refractivity contribution in [3.63, 3.8) is 0 Å². The van der Waals surface area contributed by atoms with E-state index >= 15 is 0 Å². The van der Waals surface area contributed by atoms with Gasteiger partial charge >= 0.3 is 0 Å². The smallest absolute Gasteiger partial charge is 0.0580 e. The van der Waals surface area contributed by atoms with Crippen molar-refractivity contribution < 1.29 is 4.74 Å². The first-order valence-electron chi connectivity index (χ1n) is 7.23. The lowest BCUT2D eigenvalue weighted by molar-refractivity contribution is -0.000129. The van der Waals surface area contributed by atoms with Gasteiger partial charge in [0.2, 0.25) is 0 Å². The fourth-order valence-corrected chi connectivity index (χ4v) is 2.79. The first-order chi connectivity index (χ1) is 7.87. The van der Waals surface area contributed by atoms with Crippen LogP contribution in [0.4, 0.5) is 0 Å². The lowest BCUT2D eigenvalue weighted by Gasteiger charge is -2.31. The Morgan fingerprint density at radius 3 is 2.18 bits per heavy atom. The molecule has 1 rings (SSSR count). The molecule has 0 aromatic heterocycles. The summed E-state index contributed by atoms with van der Waals surface area (Å²) in [6, 6.07) is 0. The first kappa shape index (κ1) is 15.0. The van der Waals surface area contributed by atoms with Gasteiger partial charge in [-0.3, -0.25) is 0 Å². The quantitative estimate of drug-likeness (QED) is 0.743. The first-order valence-corrected chi connectivity index (χ1v) is 7.23. The summed E-state index contributed by atoms with van der Waals surface area (Å²) < 4.78 is 6.00. The summed E-state index contributed by atoms with van der Waals surface area (Å²) in [6.45, 7) is 13.3. The molecule has 1 aliphatic rings. The minimum Gasteiger partial charge on any atom is -0.378 e. The molecule has 17 heavy (non-hydrogen) atoms. The summed E-state index contributed by atoms with van der Waals surface area (Å²) in [5, 5.41) is 3.50. The molecule has 2 heteroatoms. The van der Waals surface area contributed by atoms with E-state index in [1.807, 2.05) is 0 Å². The van der Waals surface area contributed by atoms with Crippen molar-refractivity contribution in [2.45, 2.75) is 71.9 Å². The van der Waals surface area contributed by atoms with Gasteiger partial charge in [-0.05, 0) is 64.8 Å². The third-order valence-electron chi connectivity index (χ3n) is 3.47. The molecule has 1 N–H and O–H groups in total. The monoisotopic (exact) mass is 241 g/mol. The van der Waals surface area contributed by atoms with E-state index < -0.39 is 0 Å². The molecule has 0 aromatic carbocycles. The largest absolute Gasteiger partial charge is 0.378 e. The molecule has 0 aliphatic heterocycles. The van der Waals surface area contributed by atoms with Crippen LogP contribution in [-0.4, -0.2) is 24.8 Å². The van der Waals surface area contributed by atoms with Crippen LogP contribution in [0, 0.1) is 11.8 Å². The Balaban J connectivity index is 2.06. The average molecular weight is 241 g/mol. The molecular weight excluding hydrogens is 210 g/mol. The van der Waals surface area contributed by atoms with E-state index in [2.05, 4.69) is 39.9 Å². The molecule has 0 amide bonds. The van der Waals surface area contributed by atoms with Crippen LogP contribution >= 0.6 is 0 Å². The van der Waals surface area contributed by atoms with Crippen LogP contribution < -0.4 is 5.32 Å². The van der Waals surface area contributed by atoms with Gasteiger partial charge in [-0.25, -0.2) is 0 Å². The second kappa shape index (κ2) is 6.75. The Morgan fingerprint density at radius 2 is 1.65 bits per heavy atom. The van der Waals surface area contributed by atoms with Crippen molar-refractivity contribution >= 4 is 0 Å². The average Bonchev–Trinajstić information content (AvgIpc) is 2.13. The maximum absolute atomic E-state index is 6.00. The lowest BCUT2D eigenvalue weighted by Crippen LogP contribution is -2.37. The summed E-state index contributed by atoms with van der Waals surface area (Å²) in [4.78, 5) is 0. The zero-order valence-electron chi connectivity index (χ0n) is 12.4. The van der Waals surface area contributed by atoms with E-state index in [1.165, 1.54) is 19.3 Å². The topological polar surface area (TPSA) is 21.3 Å². The minimum absolute atomic E-state index is 0.230. The van der Waals surface area contributed by atoms with Crippen molar-refractivity contribution in [3.05, 3.63) is 0 Å². The van der Waals surface area contributed by atoms with Gasteiger partial charge in [-0.2, -0.15) is 0 Å². The lowest BCUT2D eigenvalue weighted by atomic mass is 9.82. The number of ether oxygens (including phenoxy) is 1. The number of rotatable bonds is 5. The molecule has 1 aliphatic carbocycles. The van der Waals surface area contributed by atoms with E-state index in [0.717, 1.165) is 31.4 Å². The van der Waals surface area contributed by atoms with Gasteiger partial charge in [-0.15, -0.1) is 0 Å². The van der Waals surface area contributed by atoms with Gasteiger partial charge in [0.1, 0.15) is 0 Å². The Labute approximate surface area is 108 Å². The Morgan fingerprint density at radius 1 is 1.06 bits per heavy atom. The summed E-state index contributed by atoms with van der Waals surface area (Å²) in [7, 11) is 0. The molecule has 0 aromatic rings. The SMILES string of the molecule is CC1CC(C)CC(OCCCNC(C)(C)C)C1. The molecule has 102 valence electrons. The van der Waals surface area contributed by atoms with E-state index in [-0.39, 0.29) is 5.54 Å². The Bertz CT molecular complexity index is 199. The standard InChI is InChI=1S/C15H31NO/c1-12-9-13(2)11-14(10-12)17-8-6-7-16-15(3,4)5/h12-14,16H,6-11H2,1-5H3. The van der Waals surface area contributed by atoms with Gasteiger partial charge in [0.25, 0.3) is 0 Å². The highest BCUT2D eigenvalue weighted by Gasteiger charge is 2.24. The second-order valence-corrected chi connectivity index (χ2v) is 6.94. The highest BCUT2D eigenvalue weighted by atomic mass is 16.5. The maximum Gasteiger partial charge on any atom is 0.0580 e. The van der Waals surface area contributed by atoms with Crippen LogP contribution in [0.5, 0.6) is 0 Å². The fourth-order valence-electron chi connectivity index (χ4n) is 2.79. The highest BCUT2D eigenvalue weighted by Crippen LogP contribution is 2.30. The summed E-state index contributed by atoms with van der Waals surface area (Å²) in [5.74, 6) is 1.69. The molecule has 0 bridgehead atoms. The molecule has 1 fully saturated rings. The third-order valence-corrected chi connectivity index (χ3v) is 3.47. The van der Waals surface area contributed by atoms with Gasteiger partial charge in [-0.1, -0.05) is 13.8 Å². The molecule has 0 saturated heterocycles. The molecule has 2 atom stereocenters. The fraction of sp³-hybridized carbons (Fsp3) is 1.00. The van der Waals surface area contributed by atoms with Crippen molar-refractivity contribution in [2.75, 3.05) is 13.2 Å². The van der Waals surface area contributed by atoms with Gasteiger partial charge in [0, 0.05) is 12.1 Å². The van der Waals surface area contributed by atoms with Gasteiger partial charge in [0.15, 0.2) is 0 Å². The van der Waals surface area contributed by atoms with E-state index in [9.17, 15) is 0 Å². The van der Waals surface area contributed by atoms with Crippen LogP contribution in [0.3, 0.4) is 0 Å². The van der Waals surface area contributed by atoms with Crippen LogP contribution in [0.15, 0.2) is 0 Å². The van der Waals surface area contributed by atoms with Crippen LogP contribution in [0.2, 0.25) is 0 Å².